The Morgan fingerprint density at radius 3 is 2.91 bits per heavy atom. The average molecular weight is 157 g/mol. The van der Waals surface area contributed by atoms with Crippen LogP contribution in [-0.2, 0) is 4.84 Å². The fraction of sp³-hybridized carbons (Fsp3) is 0.750. The van der Waals surface area contributed by atoms with Gasteiger partial charge in [0, 0.05) is 5.70 Å². The molecule has 0 saturated heterocycles. The van der Waals surface area contributed by atoms with Crippen molar-refractivity contribution in [1.82, 2.24) is 5.48 Å². The summed E-state index contributed by atoms with van der Waals surface area (Å²) < 4.78 is 0. The molecular formula is C8H15NO2. The highest BCUT2D eigenvalue weighted by molar-refractivity contribution is 5.12. The minimum Gasteiger partial charge on any atom is -0.393 e. The summed E-state index contributed by atoms with van der Waals surface area (Å²) in [5.74, 6) is 0. The van der Waals surface area contributed by atoms with Crippen molar-refractivity contribution in [3.8, 4) is 0 Å². The van der Waals surface area contributed by atoms with Crippen LogP contribution in [0.2, 0.25) is 0 Å². The molecule has 0 spiro atoms. The van der Waals surface area contributed by atoms with Crippen LogP contribution in [-0.4, -0.2) is 17.3 Å². The summed E-state index contributed by atoms with van der Waals surface area (Å²) in [4.78, 5) is 5.16. The van der Waals surface area contributed by atoms with Gasteiger partial charge in [-0.2, -0.15) is 0 Å². The Kier molecular flexibility index (Phi) is 2.52. The SMILES string of the molecule is CCCC1=CC(C)(CO)ON1. The molecule has 3 nitrogen and oxygen atoms in total. The molecule has 0 bridgehead atoms. The lowest BCUT2D eigenvalue weighted by molar-refractivity contribution is -0.0586. The Hall–Kier alpha value is -0.540. The van der Waals surface area contributed by atoms with Crippen LogP contribution in [0, 0.1) is 0 Å². The van der Waals surface area contributed by atoms with Gasteiger partial charge in [0.1, 0.15) is 5.60 Å². The topological polar surface area (TPSA) is 41.5 Å². The van der Waals surface area contributed by atoms with Gasteiger partial charge in [-0.15, -0.1) is 0 Å². The second-order valence-corrected chi connectivity index (χ2v) is 3.09. The molecule has 0 radical (unpaired) electrons. The number of allylic oxidation sites excluding steroid dienone is 1. The molecule has 0 amide bonds. The highest BCUT2D eigenvalue weighted by Gasteiger charge is 2.28. The minimum atomic E-state index is -0.509. The number of nitrogens with one attached hydrogen (secondary N) is 1. The first kappa shape index (κ1) is 8.56. The number of aliphatic hydroxyl groups is 1. The van der Waals surface area contributed by atoms with Crippen LogP contribution in [0.1, 0.15) is 26.7 Å². The first-order chi connectivity index (χ1) is 5.20. The van der Waals surface area contributed by atoms with E-state index in [1.807, 2.05) is 13.0 Å². The van der Waals surface area contributed by atoms with Crippen molar-refractivity contribution in [2.24, 2.45) is 0 Å². The highest BCUT2D eigenvalue weighted by atomic mass is 16.7. The Morgan fingerprint density at radius 2 is 2.45 bits per heavy atom. The van der Waals surface area contributed by atoms with Gasteiger partial charge in [0.25, 0.3) is 0 Å². The van der Waals surface area contributed by atoms with Crippen molar-refractivity contribution < 1.29 is 9.94 Å². The van der Waals surface area contributed by atoms with E-state index in [9.17, 15) is 0 Å². The maximum atomic E-state index is 8.90. The fourth-order valence-electron chi connectivity index (χ4n) is 1.08. The minimum absolute atomic E-state index is 0.0210. The van der Waals surface area contributed by atoms with Crippen molar-refractivity contribution in [3.63, 3.8) is 0 Å². The molecule has 2 N–H and O–H groups in total. The van der Waals surface area contributed by atoms with E-state index in [1.165, 1.54) is 0 Å². The number of hydrogen-bond acceptors (Lipinski definition) is 3. The summed E-state index contributed by atoms with van der Waals surface area (Å²) in [6, 6.07) is 0. The summed E-state index contributed by atoms with van der Waals surface area (Å²) in [7, 11) is 0. The van der Waals surface area contributed by atoms with E-state index in [-0.39, 0.29) is 6.61 Å². The summed E-state index contributed by atoms with van der Waals surface area (Å²) in [6.07, 6.45) is 4.01. The predicted molar refractivity (Wildman–Crippen MR) is 42.7 cm³/mol. The molecule has 0 aliphatic carbocycles. The second-order valence-electron chi connectivity index (χ2n) is 3.09. The van der Waals surface area contributed by atoms with Gasteiger partial charge < -0.3 is 5.11 Å². The van der Waals surface area contributed by atoms with Crippen LogP contribution in [0.15, 0.2) is 11.8 Å². The standard InChI is InChI=1S/C8H15NO2/c1-3-4-7-5-8(2,6-10)11-9-7/h5,9-10H,3-4,6H2,1-2H3. The molecule has 1 aliphatic rings. The Bertz CT molecular complexity index is 167. The fourth-order valence-corrected chi connectivity index (χ4v) is 1.08. The molecule has 1 aliphatic heterocycles. The zero-order valence-electron chi connectivity index (χ0n) is 7.05. The zero-order valence-corrected chi connectivity index (χ0v) is 7.05. The lowest BCUT2D eigenvalue weighted by Crippen LogP contribution is -2.29. The lowest BCUT2D eigenvalue weighted by Gasteiger charge is -2.15. The monoisotopic (exact) mass is 157 g/mol. The molecular weight excluding hydrogens is 142 g/mol. The van der Waals surface area contributed by atoms with E-state index in [0.29, 0.717) is 0 Å². The third-order valence-electron chi connectivity index (χ3n) is 1.73. The molecule has 0 aromatic heterocycles. The summed E-state index contributed by atoms with van der Waals surface area (Å²) in [5, 5.41) is 8.90. The van der Waals surface area contributed by atoms with E-state index in [0.717, 1.165) is 18.5 Å². The van der Waals surface area contributed by atoms with Crippen LogP contribution < -0.4 is 5.48 Å². The first-order valence-electron chi connectivity index (χ1n) is 3.97. The first-order valence-corrected chi connectivity index (χ1v) is 3.97. The van der Waals surface area contributed by atoms with E-state index in [4.69, 9.17) is 9.94 Å². The molecule has 1 atom stereocenters. The van der Waals surface area contributed by atoms with Crippen molar-refractivity contribution >= 4 is 0 Å². The number of hydroxylamine groups is 1. The molecule has 1 unspecified atom stereocenters. The van der Waals surface area contributed by atoms with Gasteiger partial charge in [-0.05, 0) is 19.4 Å². The quantitative estimate of drug-likeness (QED) is 0.641. The molecule has 11 heavy (non-hydrogen) atoms. The maximum Gasteiger partial charge on any atom is 0.136 e. The van der Waals surface area contributed by atoms with Crippen LogP contribution in [0.4, 0.5) is 0 Å². The van der Waals surface area contributed by atoms with Crippen molar-refractivity contribution in [2.45, 2.75) is 32.3 Å². The molecule has 0 saturated carbocycles. The summed E-state index contributed by atoms with van der Waals surface area (Å²) in [5.41, 5.74) is 3.36. The van der Waals surface area contributed by atoms with Gasteiger partial charge in [-0.3, -0.25) is 10.3 Å². The van der Waals surface area contributed by atoms with Gasteiger partial charge in [0.05, 0.1) is 6.61 Å². The van der Waals surface area contributed by atoms with Crippen LogP contribution in [0.25, 0.3) is 0 Å². The Labute approximate surface area is 67.0 Å². The van der Waals surface area contributed by atoms with Crippen molar-refractivity contribution in [1.29, 1.82) is 0 Å². The third-order valence-corrected chi connectivity index (χ3v) is 1.73. The van der Waals surface area contributed by atoms with Crippen LogP contribution in [0.5, 0.6) is 0 Å². The second kappa shape index (κ2) is 3.24. The molecule has 0 fully saturated rings. The Balaban J connectivity index is 2.53. The predicted octanol–water partition coefficient (Wildman–Crippen LogP) is 0.956. The Morgan fingerprint density at radius 1 is 1.73 bits per heavy atom. The normalized spacial score (nSPS) is 29.9. The van der Waals surface area contributed by atoms with Gasteiger partial charge in [-0.1, -0.05) is 13.3 Å². The van der Waals surface area contributed by atoms with Crippen molar-refractivity contribution in [3.05, 3.63) is 11.8 Å². The zero-order chi connectivity index (χ0) is 8.32. The van der Waals surface area contributed by atoms with E-state index >= 15 is 0 Å². The van der Waals surface area contributed by atoms with E-state index in [1.54, 1.807) is 0 Å². The number of rotatable bonds is 3. The molecule has 3 heteroatoms. The lowest BCUT2D eigenvalue weighted by atomic mass is 10.1. The third kappa shape index (κ3) is 1.94. The molecule has 1 rings (SSSR count). The molecule has 0 aromatic rings. The van der Waals surface area contributed by atoms with Crippen molar-refractivity contribution in [2.75, 3.05) is 6.61 Å². The number of hydrogen-bond donors (Lipinski definition) is 2. The summed E-state index contributed by atoms with van der Waals surface area (Å²) >= 11 is 0. The highest BCUT2D eigenvalue weighted by Crippen LogP contribution is 2.20. The summed E-state index contributed by atoms with van der Waals surface area (Å²) in [6.45, 7) is 3.98. The van der Waals surface area contributed by atoms with E-state index < -0.39 is 5.60 Å². The molecule has 0 aromatic carbocycles. The van der Waals surface area contributed by atoms with Gasteiger partial charge in [0.2, 0.25) is 0 Å². The maximum absolute atomic E-state index is 8.90. The average Bonchev–Trinajstić information content (AvgIpc) is 2.35. The largest absolute Gasteiger partial charge is 0.393 e. The van der Waals surface area contributed by atoms with Gasteiger partial charge in [0.15, 0.2) is 0 Å². The van der Waals surface area contributed by atoms with Crippen LogP contribution >= 0.6 is 0 Å². The molecule has 64 valence electrons. The number of aliphatic hydroxyl groups excluding tert-OH is 1. The van der Waals surface area contributed by atoms with Gasteiger partial charge >= 0.3 is 0 Å². The smallest absolute Gasteiger partial charge is 0.136 e. The van der Waals surface area contributed by atoms with Crippen LogP contribution in [0.3, 0.4) is 0 Å². The molecule has 1 heterocycles. The van der Waals surface area contributed by atoms with Gasteiger partial charge in [-0.25, -0.2) is 0 Å². The van der Waals surface area contributed by atoms with E-state index in [2.05, 4.69) is 12.4 Å².